The average molecular weight is 458 g/mol. The Kier molecular flexibility index (Phi) is 5.75. The van der Waals surface area contributed by atoms with Crippen LogP contribution in [0, 0.1) is 0 Å². The zero-order valence-corrected chi connectivity index (χ0v) is 19.0. The molecule has 0 bridgehead atoms. The van der Waals surface area contributed by atoms with E-state index in [2.05, 4.69) is 32.3 Å². The first-order valence-corrected chi connectivity index (χ1v) is 11.3. The summed E-state index contributed by atoms with van der Waals surface area (Å²) in [6, 6.07) is 23.3. The van der Waals surface area contributed by atoms with Gasteiger partial charge in [-0.1, -0.05) is 48.0 Å². The van der Waals surface area contributed by atoms with Crippen molar-refractivity contribution in [1.29, 1.82) is 0 Å². The first-order chi connectivity index (χ1) is 16.1. The summed E-state index contributed by atoms with van der Waals surface area (Å²) in [5.41, 5.74) is 3.91. The van der Waals surface area contributed by atoms with Crippen LogP contribution in [0.15, 0.2) is 77.8 Å². The number of halogens is 1. The van der Waals surface area contributed by atoms with Crippen LogP contribution in [0.1, 0.15) is 6.42 Å². The minimum absolute atomic E-state index is 0.218. The molecule has 0 unspecified atom stereocenters. The molecule has 2 heterocycles. The van der Waals surface area contributed by atoms with Gasteiger partial charge >= 0.3 is 6.03 Å². The minimum atomic E-state index is -0.218. The molecule has 0 saturated heterocycles. The molecule has 0 aliphatic heterocycles. The number of para-hydroxylation sites is 2. The number of hydrogen-bond donors (Lipinski definition) is 3. The molecule has 6 nitrogen and oxygen atoms in total. The van der Waals surface area contributed by atoms with Crippen molar-refractivity contribution < 1.29 is 4.79 Å². The highest BCUT2D eigenvalue weighted by molar-refractivity contribution is 6.31. The molecule has 2 aromatic heterocycles. The number of aromatic nitrogens is 2. The van der Waals surface area contributed by atoms with E-state index in [0.717, 1.165) is 50.3 Å². The number of benzene rings is 3. The second kappa shape index (κ2) is 9.00. The zero-order valence-electron chi connectivity index (χ0n) is 18.2. The summed E-state index contributed by atoms with van der Waals surface area (Å²) >= 11 is 6.36. The number of hydrogen-bond acceptors (Lipinski definition) is 2. The number of pyridine rings is 1. The maximum atomic E-state index is 12.1. The number of aromatic amines is 1. The van der Waals surface area contributed by atoms with Gasteiger partial charge < -0.3 is 20.2 Å². The smallest absolute Gasteiger partial charge is 0.319 e. The van der Waals surface area contributed by atoms with Crippen LogP contribution in [0.4, 0.5) is 10.5 Å². The Morgan fingerprint density at radius 2 is 1.82 bits per heavy atom. The molecule has 33 heavy (non-hydrogen) atoms. The lowest BCUT2D eigenvalue weighted by Gasteiger charge is -2.10. The molecule has 0 fully saturated rings. The Morgan fingerprint density at radius 1 is 1.03 bits per heavy atom. The van der Waals surface area contributed by atoms with Crippen LogP contribution in [0.5, 0.6) is 0 Å². The molecule has 3 aromatic carbocycles. The van der Waals surface area contributed by atoms with Crippen molar-refractivity contribution in [3.63, 3.8) is 0 Å². The first kappa shape index (κ1) is 21.1. The number of carbonyl (C=O) groups excluding carboxylic acids is 1. The van der Waals surface area contributed by atoms with Gasteiger partial charge in [0.05, 0.1) is 16.3 Å². The van der Waals surface area contributed by atoms with E-state index in [0.29, 0.717) is 18.1 Å². The van der Waals surface area contributed by atoms with Gasteiger partial charge in [-0.2, -0.15) is 0 Å². The number of rotatable bonds is 5. The number of aryl methyl sites for hydroxylation is 1. The first-order valence-electron chi connectivity index (χ1n) is 10.9. The molecular formula is C26H24ClN5O. The third kappa shape index (κ3) is 4.17. The van der Waals surface area contributed by atoms with Crippen molar-refractivity contribution in [3.05, 3.63) is 83.2 Å². The molecule has 166 valence electrons. The summed E-state index contributed by atoms with van der Waals surface area (Å²) in [5, 5.41) is 10.5. The highest BCUT2D eigenvalue weighted by Crippen LogP contribution is 2.26. The maximum absolute atomic E-state index is 12.1. The van der Waals surface area contributed by atoms with Gasteiger partial charge in [0.1, 0.15) is 5.65 Å². The van der Waals surface area contributed by atoms with E-state index in [4.69, 9.17) is 16.6 Å². The Labute approximate surface area is 195 Å². The van der Waals surface area contributed by atoms with E-state index < -0.39 is 0 Å². The summed E-state index contributed by atoms with van der Waals surface area (Å²) < 4.78 is 2.15. The monoisotopic (exact) mass is 457 g/mol. The van der Waals surface area contributed by atoms with Crippen LogP contribution in [0.3, 0.4) is 0 Å². The quantitative estimate of drug-likeness (QED) is 0.296. The molecular weight excluding hydrogens is 434 g/mol. The molecule has 5 aromatic rings. The third-order valence-corrected chi connectivity index (χ3v) is 5.99. The fourth-order valence-electron chi connectivity index (χ4n) is 4.20. The van der Waals surface area contributed by atoms with Crippen molar-refractivity contribution in [2.24, 2.45) is 12.0 Å². The van der Waals surface area contributed by atoms with Crippen molar-refractivity contribution in [1.82, 2.24) is 14.9 Å². The number of anilines is 1. The normalized spacial score (nSPS) is 12.0. The van der Waals surface area contributed by atoms with Gasteiger partial charge in [-0.15, -0.1) is 0 Å². The molecule has 0 aliphatic rings. The lowest BCUT2D eigenvalue weighted by molar-refractivity contribution is 0.252. The van der Waals surface area contributed by atoms with Crippen LogP contribution in [0.25, 0.3) is 32.8 Å². The standard InChI is InChI=1S/C26H24ClN5O/c1-32-22-13-12-17(27)16-20(22)24(23-19-10-5-6-11-21(19)31-25(23)32)28-14-7-15-29-26(33)30-18-8-3-2-4-9-18/h2-6,8-13,16,31H,7,14-15H2,1H3,(H2,29,30,33). The van der Waals surface area contributed by atoms with Crippen molar-refractivity contribution >= 4 is 56.2 Å². The van der Waals surface area contributed by atoms with Gasteiger partial charge in [0.15, 0.2) is 0 Å². The fourth-order valence-corrected chi connectivity index (χ4v) is 4.37. The number of amides is 2. The van der Waals surface area contributed by atoms with Crippen LogP contribution in [-0.2, 0) is 7.05 Å². The van der Waals surface area contributed by atoms with Gasteiger partial charge in [-0.05, 0) is 42.8 Å². The van der Waals surface area contributed by atoms with Crippen molar-refractivity contribution in [2.75, 3.05) is 18.4 Å². The van der Waals surface area contributed by atoms with Crippen LogP contribution in [0.2, 0.25) is 5.02 Å². The summed E-state index contributed by atoms with van der Waals surface area (Å²) in [7, 11) is 2.05. The molecule has 3 N–H and O–H groups in total. The number of nitrogens with zero attached hydrogens (tertiary/aromatic N) is 2. The van der Waals surface area contributed by atoms with E-state index in [9.17, 15) is 4.79 Å². The van der Waals surface area contributed by atoms with Gasteiger partial charge in [0.25, 0.3) is 0 Å². The van der Waals surface area contributed by atoms with Gasteiger partial charge in [-0.25, -0.2) is 4.79 Å². The van der Waals surface area contributed by atoms with Gasteiger partial charge in [0, 0.05) is 47.1 Å². The van der Waals surface area contributed by atoms with E-state index in [1.807, 2.05) is 67.7 Å². The molecule has 2 amide bonds. The molecule has 0 radical (unpaired) electrons. The van der Waals surface area contributed by atoms with Crippen LogP contribution < -0.4 is 16.0 Å². The lowest BCUT2D eigenvalue weighted by Crippen LogP contribution is -2.29. The highest BCUT2D eigenvalue weighted by atomic mass is 35.5. The molecule has 0 atom stereocenters. The molecule has 5 rings (SSSR count). The summed E-state index contributed by atoms with van der Waals surface area (Å²) in [5.74, 6) is 0. The van der Waals surface area contributed by atoms with E-state index in [1.165, 1.54) is 0 Å². The molecule has 7 heteroatoms. The molecule has 0 saturated carbocycles. The van der Waals surface area contributed by atoms with Gasteiger partial charge in [-0.3, -0.25) is 4.99 Å². The largest absolute Gasteiger partial charge is 0.341 e. The minimum Gasteiger partial charge on any atom is -0.341 e. The topological polar surface area (TPSA) is 74.2 Å². The number of urea groups is 1. The van der Waals surface area contributed by atoms with E-state index in [1.54, 1.807) is 0 Å². The van der Waals surface area contributed by atoms with E-state index >= 15 is 0 Å². The second-order valence-corrected chi connectivity index (χ2v) is 8.38. The van der Waals surface area contributed by atoms with Crippen molar-refractivity contribution in [3.8, 4) is 0 Å². The predicted octanol–water partition coefficient (Wildman–Crippen LogP) is 5.58. The summed E-state index contributed by atoms with van der Waals surface area (Å²) in [4.78, 5) is 20.6. The summed E-state index contributed by atoms with van der Waals surface area (Å²) in [6.07, 6.45) is 0.717. The molecule has 0 spiro atoms. The SMILES string of the molecule is Cn1c2ccc(Cl)cc2c(=NCCCNC(=O)Nc2ccccc2)c2c3ccccc3[nH]c21. The Balaban J connectivity index is 1.44. The third-order valence-electron chi connectivity index (χ3n) is 5.76. The van der Waals surface area contributed by atoms with Crippen LogP contribution in [-0.4, -0.2) is 28.7 Å². The number of fused-ring (bicyclic) bond motifs is 4. The average Bonchev–Trinajstić information content (AvgIpc) is 3.21. The number of carbonyl (C=O) groups is 1. The highest BCUT2D eigenvalue weighted by Gasteiger charge is 2.13. The molecule has 0 aliphatic carbocycles. The maximum Gasteiger partial charge on any atom is 0.319 e. The number of nitrogens with one attached hydrogen (secondary N) is 3. The van der Waals surface area contributed by atoms with Crippen LogP contribution >= 0.6 is 11.6 Å². The van der Waals surface area contributed by atoms with Gasteiger partial charge in [0.2, 0.25) is 0 Å². The van der Waals surface area contributed by atoms with E-state index in [-0.39, 0.29) is 6.03 Å². The Hall–Kier alpha value is -3.77. The predicted molar refractivity (Wildman–Crippen MR) is 136 cm³/mol. The Bertz CT molecular complexity index is 1540. The number of H-pyrrole nitrogens is 1. The fraction of sp³-hybridized carbons (Fsp3) is 0.154. The van der Waals surface area contributed by atoms with Crippen molar-refractivity contribution in [2.45, 2.75) is 6.42 Å². The zero-order chi connectivity index (χ0) is 22.8. The Morgan fingerprint density at radius 3 is 2.67 bits per heavy atom. The summed E-state index contributed by atoms with van der Waals surface area (Å²) in [6.45, 7) is 1.11. The lowest BCUT2D eigenvalue weighted by atomic mass is 10.1. The second-order valence-electron chi connectivity index (χ2n) is 7.95.